The van der Waals surface area contributed by atoms with E-state index < -0.39 is 0 Å². The maximum atomic E-state index is 11.9. The lowest BCUT2D eigenvalue weighted by molar-refractivity contribution is -0.117. The Bertz CT molecular complexity index is 615. The normalized spacial score (nSPS) is 13.8. The molecular weight excluding hydrogens is 230 g/mol. The molecule has 2 heterocycles. The summed E-state index contributed by atoms with van der Waals surface area (Å²) in [6.07, 6.45) is 1.08. The average Bonchev–Trinajstić information content (AvgIpc) is 2.96. The molecule has 18 heavy (non-hydrogen) atoms. The summed E-state index contributed by atoms with van der Waals surface area (Å²) in [5.41, 5.74) is 1.95. The van der Waals surface area contributed by atoms with Gasteiger partial charge in [0.1, 0.15) is 5.76 Å². The second-order valence-corrected chi connectivity index (χ2v) is 4.21. The number of carbonyl (C=O) groups is 2. The molecule has 3 rings (SSSR count). The van der Waals surface area contributed by atoms with E-state index in [0.29, 0.717) is 25.0 Å². The quantitative estimate of drug-likeness (QED) is 0.774. The van der Waals surface area contributed by atoms with Gasteiger partial charge in [-0.25, -0.2) is 0 Å². The first-order chi connectivity index (χ1) is 8.78. The number of nitrogens with zero attached hydrogens (tertiary/aromatic N) is 1. The molecule has 0 spiro atoms. The third-order valence-corrected chi connectivity index (χ3v) is 3.04. The fourth-order valence-corrected chi connectivity index (χ4v) is 2.19. The van der Waals surface area contributed by atoms with Crippen LogP contribution < -0.4 is 4.90 Å². The molecule has 0 N–H and O–H groups in total. The monoisotopic (exact) mass is 241 g/mol. The minimum atomic E-state index is 0.0558. The van der Waals surface area contributed by atoms with Crippen molar-refractivity contribution in [2.75, 3.05) is 4.90 Å². The van der Waals surface area contributed by atoms with Crippen LogP contribution in [0.25, 0.3) is 0 Å². The van der Waals surface area contributed by atoms with Crippen LogP contribution in [0, 0.1) is 0 Å². The Labute approximate surface area is 104 Å². The first kappa shape index (κ1) is 10.8. The number of anilines is 1. The van der Waals surface area contributed by atoms with Gasteiger partial charge in [0.25, 0.3) is 0 Å². The van der Waals surface area contributed by atoms with Crippen LogP contribution in [0.1, 0.15) is 21.9 Å². The van der Waals surface area contributed by atoms with Crippen molar-refractivity contribution in [3.8, 4) is 0 Å². The number of rotatable bonds is 3. The second-order valence-electron chi connectivity index (χ2n) is 4.21. The minimum absolute atomic E-state index is 0.0558. The van der Waals surface area contributed by atoms with Crippen LogP contribution in [-0.2, 0) is 17.8 Å². The van der Waals surface area contributed by atoms with Gasteiger partial charge in [0.05, 0.1) is 13.0 Å². The summed E-state index contributed by atoms with van der Waals surface area (Å²) in [5, 5.41) is 0. The summed E-state index contributed by atoms with van der Waals surface area (Å²) in [5.74, 6) is 0.951. The summed E-state index contributed by atoms with van der Waals surface area (Å²) in [6, 6.07) is 11.0. The van der Waals surface area contributed by atoms with Crippen molar-refractivity contribution in [2.45, 2.75) is 13.0 Å². The van der Waals surface area contributed by atoms with E-state index in [-0.39, 0.29) is 11.7 Å². The van der Waals surface area contributed by atoms with E-state index in [4.69, 9.17) is 4.42 Å². The van der Waals surface area contributed by atoms with E-state index in [1.54, 1.807) is 17.0 Å². The van der Waals surface area contributed by atoms with Gasteiger partial charge in [-0.15, -0.1) is 0 Å². The number of benzene rings is 1. The number of carbonyl (C=O) groups excluding carboxylic acids is 2. The topological polar surface area (TPSA) is 50.5 Å². The van der Waals surface area contributed by atoms with E-state index in [1.165, 1.54) is 0 Å². The van der Waals surface area contributed by atoms with Crippen molar-refractivity contribution in [1.82, 2.24) is 0 Å². The molecule has 2 aromatic rings. The van der Waals surface area contributed by atoms with Gasteiger partial charge >= 0.3 is 0 Å². The lowest BCUT2D eigenvalue weighted by Crippen LogP contribution is -2.25. The number of hydrogen-bond acceptors (Lipinski definition) is 3. The molecule has 0 saturated carbocycles. The summed E-state index contributed by atoms with van der Waals surface area (Å²) < 4.78 is 5.30. The van der Waals surface area contributed by atoms with Gasteiger partial charge in [-0.1, -0.05) is 18.2 Å². The predicted octanol–water partition coefficient (Wildman–Crippen LogP) is 2.18. The first-order valence-corrected chi connectivity index (χ1v) is 5.70. The van der Waals surface area contributed by atoms with Crippen LogP contribution in [-0.4, -0.2) is 12.2 Å². The van der Waals surface area contributed by atoms with E-state index in [0.717, 1.165) is 11.3 Å². The average molecular weight is 241 g/mol. The Balaban J connectivity index is 1.88. The Kier molecular flexibility index (Phi) is 2.48. The molecule has 0 unspecified atom stereocenters. The van der Waals surface area contributed by atoms with Crippen molar-refractivity contribution < 1.29 is 14.0 Å². The highest BCUT2D eigenvalue weighted by atomic mass is 16.3. The number of para-hydroxylation sites is 1. The van der Waals surface area contributed by atoms with E-state index in [1.807, 2.05) is 24.3 Å². The molecule has 1 amide bonds. The SMILES string of the molecule is O=Cc1ccc(CN2C(=O)Cc3ccccc32)o1. The standard InChI is InChI=1S/C14H11NO3/c16-9-12-6-5-11(18-12)8-15-13-4-2-1-3-10(13)7-14(15)17/h1-6,9H,7-8H2. The van der Waals surface area contributed by atoms with Crippen molar-refractivity contribution >= 4 is 17.9 Å². The molecule has 0 atom stereocenters. The van der Waals surface area contributed by atoms with Crippen molar-refractivity contribution in [1.29, 1.82) is 0 Å². The first-order valence-electron chi connectivity index (χ1n) is 5.70. The zero-order valence-corrected chi connectivity index (χ0v) is 9.63. The van der Waals surface area contributed by atoms with Crippen LogP contribution in [0.3, 0.4) is 0 Å². The molecule has 4 heteroatoms. The molecule has 0 aliphatic carbocycles. The van der Waals surface area contributed by atoms with Crippen molar-refractivity contribution in [2.24, 2.45) is 0 Å². The molecule has 4 nitrogen and oxygen atoms in total. The van der Waals surface area contributed by atoms with Gasteiger partial charge < -0.3 is 9.32 Å². The van der Waals surface area contributed by atoms with Gasteiger partial charge in [-0.05, 0) is 23.8 Å². The van der Waals surface area contributed by atoms with Crippen LogP contribution in [0.2, 0.25) is 0 Å². The van der Waals surface area contributed by atoms with Gasteiger partial charge in [0.2, 0.25) is 5.91 Å². The van der Waals surface area contributed by atoms with Crippen molar-refractivity contribution in [3.63, 3.8) is 0 Å². The largest absolute Gasteiger partial charge is 0.456 e. The molecule has 1 aromatic heterocycles. The highest BCUT2D eigenvalue weighted by Gasteiger charge is 2.27. The fourth-order valence-electron chi connectivity index (χ4n) is 2.19. The molecular formula is C14H11NO3. The number of amides is 1. The zero-order chi connectivity index (χ0) is 12.5. The van der Waals surface area contributed by atoms with Crippen molar-refractivity contribution in [3.05, 3.63) is 53.5 Å². The van der Waals surface area contributed by atoms with Gasteiger partial charge in [-0.2, -0.15) is 0 Å². The number of hydrogen-bond donors (Lipinski definition) is 0. The Morgan fingerprint density at radius 2 is 2.06 bits per heavy atom. The van der Waals surface area contributed by atoms with Gasteiger partial charge in [0, 0.05) is 5.69 Å². The van der Waals surface area contributed by atoms with Crippen LogP contribution >= 0.6 is 0 Å². The number of aldehydes is 1. The van der Waals surface area contributed by atoms with Crippen LogP contribution in [0.5, 0.6) is 0 Å². The fraction of sp³-hybridized carbons (Fsp3) is 0.143. The summed E-state index contributed by atoms with van der Waals surface area (Å²) in [7, 11) is 0. The molecule has 1 aliphatic heterocycles. The van der Waals surface area contributed by atoms with E-state index in [2.05, 4.69) is 0 Å². The Hall–Kier alpha value is -2.36. The van der Waals surface area contributed by atoms with E-state index >= 15 is 0 Å². The lowest BCUT2D eigenvalue weighted by Gasteiger charge is -2.15. The maximum absolute atomic E-state index is 11.9. The Morgan fingerprint density at radius 3 is 2.83 bits per heavy atom. The molecule has 0 saturated heterocycles. The molecule has 1 aromatic carbocycles. The minimum Gasteiger partial charge on any atom is -0.456 e. The van der Waals surface area contributed by atoms with Crippen LogP contribution in [0.15, 0.2) is 40.8 Å². The Morgan fingerprint density at radius 1 is 1.22 bits per heavy atom. The van der Waals surface area contributed by atoms with Crippen LogP contribution in [0.4, 0.5) is 5.69 Å². The van der Waals surface area contributed by atoms with Gasteiger partial charge in [-0.3, -0.25) is 9.59 Å². The third kappa shape index (κ3) is 1.72. The zero-order valence-electron chi connectivity index (χ0n) is 9.63. The van der Waals surface area contributed by atoms with E-state index in [9.17, 15) is 9.59 Å². The number of furan rings is 1. The second kappa shape index (κ2) is 4.14. The summed E-state index contributed by atoms with van der Waals surface area (Å²) >= 11 is 0. The van der Waals surface area contributed by atoms with Gasteiger partial charge in [0.15, 0.2) is 12.0 Å². The maximum Gasteiger partial charge on any atom is 0.231 e. The number of fused-ring (bicyclic) bond motifs is 1. The third-order valence-electron chi connectivity index (χ3n) is 3.04. The highest BCUT2D eigenvalue weighted by Crippen LogP contribution is 2.29. The lowest BCUT2D eigenvalue weighted by atomic mass is 10.2. The molecule has 0 bridgehead atoms. The summed E-state index contributed by atoms with van der Waals surface area (Å²) in [4.78, 5) is 24.2. The molecule has 90 valence electrons. The molecule has 0 radical (unpaired) electrons. The highest BCUT2D eigenvalue weighted by molar-refractivity contribution is 6.01. The smallest absolute Gasteiger partial charge is 0.231 e. The predicted molar refractivity (Wildman–Crippen MR) is 65.4 cm³/mol. The summed E-state index contributed by atoms with van der Waals surface area (Å²) in [6.45, 7) is 0.365. The molecule has 1 aliphatic rings. The molecule has 0 fully saturated rings.